The zero-order valence-corrected chi connectivity index (χ0v) is 12.2. The van der Waals surface area contributed by atoms with Gasteiger partial charge in [-0.1, -0.05) is 18.2 Å². The second-order valence-corrected chi connectivity index (χ2v) is 4.78. The molecule has 0 radical (unpaired) electrons. The fourth-order valence-corrected chi connectivity index (χ4v) is 1.94. The van der Waals surface area contributed by atoms with Crippen molar-refractivity contribution in [3.05, 3.63) is 60.2 Å². The number of carbonyl (C=O) groups excluding carboxylic acids is 1. The summed E-state index contributed by atoms with van der Waals surface area (Å²) < 4.78 is 18.4. The van der Waals surface area contributed by atoms with Crippen LogP contribution >= 0.6 is 0 Å². The number of benzene rings is 1. The number of carbonyl (C=O) groups is 1. The van der Waals surface area contributed by atoms with Crippen LogP contribution in [0.1, 0.15) is 11.8 Å². The molecule has 23 heavy (non-hydrogen) atoms. The topological polar surface area (TPSA) is 91.7 Å². The van der Waals surface area contributed by atoms with E-state index in [1.54, 1.807) is 24.3 Å². The van der Waals surface area contributed by atoms with Crippen LogP contribution < -0.4 is 10.1 Å². The van der Waals surface area contributed by atoms with Gasteiger partial charge in [-0.05, 0) is 24.3 Å². The van der Waals surface area contributed by atoms with Gasteiger partial charge in [-0.3, -0.25) is 9.78 Å². The Balaban J connectivity index is 1.91. The SMILES string of the molecule is O=C(COc1ccccc1F)N[C@@H](CO)[C@H](O)c1ccccn1. The highest BCUT2D eigenvalue weighted by Gasteiger charge is 2.23. The lowest BCUT2D eigenvalue weighted by atomic mass is 10.1. The minimum atomic E-state index is -1.17. The van der Waals surface area contributed by atoms with Crippen molar-refractivity contribution in [3.8, 4) is 5.75 Å². The average Bonchev–Trinajstić information content (AvgIpc) is 2.59. The molecule has 0 bridgehead atoms. The third-order valence-electron chi connectivity index (χ3n) is 3.11. The summed E-state index contributed by atoms with van der Waals surface area (Å²) in [6, 6.07) is 9.71. The summed E-state index contributed by atoms with van der Waals surface area (Å²) in [7, 11) is 0. The first-order valence-corrected chi connectivity index (χ1v) is 6.98. The minimum Gasteiger partial charge on any atom is -0.481 e. The third-order valence-corrected chi connectivity index (χ3v) is 3.11. The number of rotatable bonds is 7. The number of nitrogens with one attached hydrogen (secondary N) is 1. The number of nitrogens with zero attached hydrogens (tertiary/aromatic N) is 1. The number of aliphatic hydroxyl groups excluding tert-OH is 2. The van der Waals surface area contributed by atoms with E-state index < -0.39 is 37.1 Å². The zero-order valence-electron chi connectivity index (χ0n) is 12.2. The summed E-state index contributed by atoms with van der Waals surface area (Å²) in [6.07, 6.45) is 0.328. The van der Waals surface area contributed by atoms with Crippen molar-refractivity contribution < 1.29 is 24.1 Å². The van der Waals surface area contributed by atoms with Gasteiger partial charge in [-0.25, -0.2) is 4.39 Å². The van der Waals surface area contributed by atoms with Crippen LogP contribution in [0.3, 0.4) is 0 Å². The van der Waals surface area contributed by atoms with Gasteiger partial charge in [0.2, 0.25) is 0 Å². The van der Waals surface area contributed by atoms with Crippen molar-refractivity contribution in [1.29, 1.82) is 0 Å². The third kappa shape index (κ3) is 4.73. The maximum absolute atomic E-state index is 13.4. The summed E-state index contributed by atoms with van der Waals surface area (Å²) in [5.74, 6) is -1.22. The van der Waals surface area contributed by atoms with E-state index in [1.807, 2.05) is 0 Å². The first-order valence-electron chi connectivity index (χ1n) is 6.98. The molecule has 0 saturated heterocycles. The van der Waals surface area contributed by atoms with Gasteiger partial charge in [0.25, 0.3) is 5.91 Å². The molecule has 0 aliphatic rings. The quantitative estimate of drug-likeness (QED) is 0.702. The summed E-state index contributed by atoms with van der Waals surface area (Å²) >= 11 is 0. The molecule has 2 rings (SSSR count). The molecule has 1 heterocycles. The second-order valence-electron chi connectivity index (χ2n) is 4.78. The molecule has 3 N–H and O–H groups in total. The van der Waals surface area contributed by atoms with Crippen molar-refractivity contribution in [3.63, 3.8) is 0 Å². The standard InChI is InChI=1S/C16H17FN2O4/c17-11-5-1-2-7-14(11)23-10-15(21)19-13(9-20)16(22)12-6-3-4-8-18-12/h1-8,13,16,20,22H,9-10H2,(H,19,21)/t13-,16+/m0/s1. The lowest BCUT2D eigenvalue weighted by Gasteiger charge is -2.21. The molecule has 2 atom stereocenters. The Morgan fingerprint density at radius 1 is 1.26 bits per heavy atom. The highest BCUT2D eigenvalue weighted by Crippen LogP contribution is 2.16. The highest BCUT2D eigenvalue weighted by atomic mass is 19.1. The lowest BCUT2D eigenvalue weighted by molar-refractivity contribution is -0.125. The molecule has 0 fully saturated rings. The molecule has 1 aromatic heterocycles. The molecule has 0 unspecified atom stereocenters. The number of amides is 1. The summed E-state index contributed by atoms with van der Waals surface area (Å²) in [6.45, 7) is -0.921. The summed E-state index contributed by atoms with van der Waals surface area (Å²) in [5.41, 5.74) is 0.321. The minimum absolute atomic E-state index is 0.0477. The zero-order chi connectivity index (χ0) is 16.7. The number of aromatic nitrogens is 1. The van der Waals surface area contributed by atoms with Gasteiger partial charge in [0.1, 0.15) is 6.10 Å². The Hall–Kier alpha value is -2.51. The first-order chi connectivity index (χ1) is 11.1. The van der Waals surface area contributed by atoms with E-state index in [-0.39, 0.29) is 5.75 Å². The van der Waals surface area contributed by atoms with Crippen LogP contribution in [0.25, 0.3) is 0 Å². The molecule has 0 spiro atoms. The van der Waals surface area contributed by atoms with Crippen LogP contribution in [-0.4, -0.2) is 40.4 Å². The maximum atomic E-state index is 13.4. The molecule has 1 aromatic carbocycles. The van der Waals surface area contributed by atoms with Crippen LogP contribution in [0.4, 0.5) is 4.39 Å². The van der Waals surface area contributed by atoms with Crippen molar-refractivity contribution in [1.82, 2.24) is 10.3 Å². The predicted molar refractivity (Wildman–Crippen MR) is 80.1 cm³/mol. The van der Waals surface area contributed by atoms with Crippen LogP contribution in [0.2, 0.25) is 0 Å². The second kappa shape index (κ2) is 8.21. The van der Waals surface area contributed by atoms with Crippen molar-refractivity contribution in [2.24, 2.45) is 0 Å². The number of hydrogen-bond acceptors (Lipinski definition) is 5. The Bertz CT molecular complexity index is 639. The number of ether oxygens (including phenoxy) is 1. The molecule has 1 amide bonds. The van der Waals surface area contributed by atoms with Gasteiger partial charge in [0, 0.05) is 6.20 Å². The molecular formula is C16H17FN2O4. The van der Waals surface area contributed by atoms with E-state index >= 15 is 0 Å². The van der Waals surface area contributed by atoms with Crippen molar-refractivity contribution in [2.45, 2.75) is 12.1 Å². The molecular weight excluding hydrogens is 303 g/mol. The van der Waals surface area contributed by atoms with E-state index in [0.717, 1.165) is 0 Å². The number of pyridine rings is 1. The van der Waals surface area contributed by atoms with E-state index in [9.17, 15) is 19.4 Å². The van der Waals surface area contributed by atoms with E-state index in [4.69, 9.17) is 4.74 Å². The lowest BCUT2D eigenvalue weighted by Crippen LogP contribution is -2.44. The number of para-hydroxylation sites is 1. The van der Waals surface area contributed by atoms with Gasteiger partial charge in [-0.2, -0.15) is 0 Å². The molecule has 7 heteroatoms. The largest absolute Gasteiger partial charge is 0.481 e. The molecule has 122 valence electrons. The van der Waals surface area contributed by atoms with Crippen molar-refractivity contribution >= 4 is 5.91 Å². The van der Waals surface area contributed by atoms with Gasteiger partial charge < -0.3 is 20.3 Å². The first kappa shape index (κ1) is 16.9. The molecule has 6 nitrogen and oxygen atoms in total. The summed E-state index contributed by atoms with van der Waals surface area (Å²) in [5, 5.41) is 21.9. The summed E-state index contributed by atoms with van der Waals surface area (Å²) in [4.78, 5) is 15.8. The molecule has 0 aliphatic carbocycles. The van der Waals surface area contributed by atoms with Crippen molar-refractivity contribution in [2.75, 3.05) is 13.2 Å². The Labute approximate surface area is 132 Å². The van der Waals surface area contributed by atoms with E-state index in [2.05, 4.69) is 10.3 Å². The molecule has 0 aliphatic heterocycles. The average molecular weight is 320 g/mol. The Kier molecular flexibility index (Phi) is 6.02. The van der Waals surface area contributed by atoms with Gasteiger partial charge in [0.15, 0.2) is 18.2 Å². The van der Waals surface area contributed by atoms with Crippen LogP contribution in [0, 0.1) is 5.82 Å². The van der Waals surface area contributed by atoms with Crippen LogP contribution in [0.5, 0.6) is 5.75 Å². The highest BCUT2D eigenvalue weighted by molar-refractivity contribution is 5.78. The van der Waals surface area contributed by atoms with Gasteiger partial charge in [0.05, 0.1) is 18.3 Å². The maximum Gasteiger partial charge on any atom is 0.258 e. The van der Waals surface area contributed by atoms with E-state index in [1.165, 1.54) is 24.4 Å². The fraction of sp³-hybridized carbons (Fsp3) is 0.250. The van der Waals surface area contributed by atoms with Crippen LogP contribution in [0.15, 0.2) is 48.7 Å². The Morgan fingerprint density at radius 2 is 2.00 bits per heavy atom. The normalized spacial score (nSPS) is 13.2. The smallest absolute Gasteiger partial charge is 0.258 e. The predicted octanol–water partition coefficient (Wildman–Crippen LogP) is 0.810. The van der Waals surface area contributed by atoms with Gasteiger partial charge in [-0.15, -0.1) is 0 Å². The molecule has 0 saturated carbocycles. The number of aliphatic hydroxyl groups is 2. The monoisotopic (exact) mass is 320 g/mol. The van der Waals surface area contributed by atoms with Crippen LogP contribution in [-0.2, 0) is 4.79 Å². The Morgan fingerprint density at radius 3 is 2.65 bits per heavy atom. The molecule has 2 aromatic rings. The van der Waals surface area contributed by atoms with E-state index in [0.29, 0.717) is 5.69 Å². The fourth-order valence-electron chi connectivity index (χ4n) is 1.94. The number of hydrogen-bond donors (Lipinski definition) is 3. The number of halogens is 1. The van der Waals surface area contributed by atoms with Gasteiger partial charge >= 0.3 is 0 Å².